The fourth-order valence-corrected chi connectivity index (χ4v) is 5.31. The number of halogens is 2. The highest BCUT2D eigenvalue weighted by Crippen LogP contribution is 2.35. The summed E-state index contributed by atoms with van der Waals surface area (Å²) in [6.45, 7) is 0.549. The lowest BCUT2D eigenvalue weighted by Gasteiger charge is -2.37. The van der Waals surface area contributed by atoms with Gasteiger partial charge in [-0.25, -0.2) is 8.78 Å². The SMILES string of the molecule is O=C(c1ccccc1F)N(CC(=O)N1CCc2sccc2C1COc1cccc(F)c1)C1CC1. The van der Waals surface area contributed by atoms with Crippen LogP contribution >= 0.6 is 11.3 Å². The highest BCUT2D eigenvalue weighted by Gasteiger charge is 2.38. The molecule has 0 spiro atoms. The van der Waals surface area contributed by atoms with Gasteiger partial charge in [-0.05, 0) is 60.5 Å². The zero-order chi connectivity index (χ0) is 23.7. The number of benzene rings is 2. The molecule has 1 unspecified atom stereocenters. The molecule has 1 aliphatic carbocycles. The molecule has 1 aromatic heterocycles. The Labute approximate surface area is 200 Å². The van der Waals surface area contributed by atoms with Crippen LogP contribution in [0.1, 0.15) is 39.7 Å². The normalized spacial score (nSPS) is 17.2. The van der Waals surface area contributed by atoms with Gasteiger partial charge in [-0.2, -0.15) is 0 Å². The van der Waals surface area contributed by atoms with E-state index >= 15 is 0 Å². The summed E-state index contributed by atoms with van der Waals surface area (Å²) in [4.78, 5) is 31.0. The van der Waals surface area contributed by atoms with Gasteiger partial charge in [0.2, 0.25) is 5.91 Å². The van der Waals surface area contributed by atoms with Crippen LogP contribution < -0.4 is 4.74 Å². The van der Waals surface area contributed by atoms with Crippen molar-refractivity contribution in [3.8, 4) is 5.75 Å². The van der Waals surface area contributed by atoms with Gasteiger partial charge in [0.05, 0.1) is 11.6 Å². The number of fused-ring (bicyclic) bond motifs is 1. The second kappa shape index (κ2) is 9.54. The predicted octanol–water partition coefficient (Wildman–Crippen LogP) is 4.84. The van der Waals surface area contributed by atoms with Gasteiger partial charge in [-0.15, -0.1) is 11.3 Å². The fraction of sp³-hybridized carbons (Fsp3) is 0.308. The van der Waals surface area contributed by atoms with Crippen molar-refractivity contribution in [2.45, 2.75) is 31.3 Å². The van der Waals surface area contributed by atoms with Crippen molar-refractivity contribution in [1.29, 1.82) is 0 Å². The van der Waals surface area contributed by atoms with Crippen LogP contribution in [0, 0.1) is 11.6 Å². The van der Waals surface area contributed by atoms with E-state index in [0.717, 1.165) is 24.8 Å². The Morgan fingerprint density at radius 1 is 1.09 bits per heavy atom. The Hall–Kier alpha value is -3.26. The monoisotopic (exact) mass is 482 g/mol. The van der Waals surface area contributed by atoms with E-state index in [0.29, 0.717) is 12.3 Å². The minimum absolute atomic E-state index is 0.0213. The Kier molecular flexibility index (Phi) is 6.32. The summed E-state index contributed by atoms with van der Waals surface area (Å²) in [5.41, 5.74) is 0.992. The third kappa shape index (κ3) is 4.68. The van der Waals surface area contributed by atoms with Crippen molar-refractivity contribution in [1.82, 2.24) is 9.80 Å². The average Bonchev–Trinajstić information content (AvgIpc) is 3.56. The fourth-order valence-electron chi connectivity index (χ4n) is 4.39. The number of carbonyl (C=O) groups is 2. The number of carbonyl (C=O) groups excluding carboxylic acids is 2. The number of thiophene rings is 1. The van der Waals surface area contributed by atoms with Crippen LogP contribution in [0.3, 0.4) is 0 Å². The molecule has 1 fully saturated rings. The highest BCUT2D eigenvalue weighted by molar-refractivity contribution is 7.10. The van der Waals surface area contributed by atoms with E-state index in [9.17, 15) is 18.4 Å². The third-order valence-electron chi connectivity index (χ3n) is 6.28. The number of nitrogens with zero attached hydrogens (tertiary/aromatic N) is 2. The summed E-state index contributed by atoms with van der Waals surface area (Å²) in [6.07, 6.45) is 2.32. The van der Waals surface area contributed by atoms with E-state index in [1.807, 2.05) is 11.4 Å². The lowest BCUT2D eigenvalue weighted by Crippen LogP contribution is -2.48. The van der Waals surface area contributed by atoms with Crippen molar-refractivity contribution in [3.63, 3.8) is 0 Å². The highest BCUT2D eigenvalue weighted by atomic mass is 32.1. The number of amides is 2. The van der Waals surface area contributed by atoms with Gasteiger partial charge in [-0.3, -0.25) is 9.59 Å². The second-order valence-electron chi connectivity index (χ2n) is 8.56. The molecular weight excluding hydrogens is 458 g/mol. The van der Waals surface area contributed by atoms with Crippen LogP contribution in [-0.2, 0) is 11.2 Å². The third-order valence-corrected chi connectivity index (χ3v) is 7.27. The maximum absolute atomic E-state index is 14.3. The number of hydrogen-bond donors (Lipinski definition) is 0. The summed E-state index contributed by atoms with van der Waals surface area (Å²) in [5, 5.41) is 1.99. The Balaban J connectivity index is 1.35. The van der Waals surface area contributed by atoms with Gasteiger partial charge in [0.25, 0.3) is 5.91 Å². The first kappa shape index (κ1) is 22.5. The lowest BCUT2D eigenvalue weighted by molar-refractivity contribution is -0.135. The van der Waals surface area contributed by atoms with Gasteiger partial charge in [0.15, 0.2) is 0 Å². The minimum Gasteiger partial charge on any atom is -0.491 e. The Morgan fingerprint density at radius 2 is 1.91 bits per heavy atom. The Morgan fingerprint density at radius 3 is 2.68 bits per heavy atom. The smallest absolute Gasteiger partial charge is 0.257 e. The van der Waals surface area contributed by atoms with E-state index in [1.165, 1.54) is 40.1 Å². The molecule has 0 saturated heterocycles. The molecule has 34 heavy (non-hydrogen) atoms. The van der Waals surface area contributed by atoms with Gasteiger partial charge in [0, 0.05) is 23.5 Å². The maximum Gasteiger partial charge on any atom is 0.257 e. The number of hydrogen-bond acceptors (Lipinski definition) is 4. The quantitative estimate of drug-likeness (QED) is 0.485. The van der Waals surface area contributed by atoms with E-state index in [-0.39, 0.29) is 36.7 Å². The average molecular weight is 483 g/mol. The second-order valence-corrected chi connectivity index (χ2v) is 9.57. The molecule has 2 amide bonds. The Bertz CT molecular complexity index is 1210. The topological polar surface area (TPSA) is 49.9 Å². The molecule has 5 rings (SSSR count). The van der Waals surface area contributed by atoms with E-state index in [2.05, 4.69) is 0 Å². The minimum atomic E-state index is -0.590. The van der Waals surface area contributed by atoms with Crippen LogP contribution in [0.25, 0.3) is 0 Å². The maximum atomic E-state index is 14.3. The van der Waals surface area contributed by atoms with Crippen molar-refractivity contribution in [2.24, 2.45) is 0 Å². The van der Waals surface area contributed by atoms with Crippen LogP contribution in [0.5, 0.6) is 5.75 Å². The van der Waals surface area contributed by atoms with Crippen LogP contribution in [-0.4, -0.2) is 47.4 Å². The first-order valence-corrected chi connectivity index (χ1v) is 12.2. The zero-order valence-electron chi connectivity index (χ0n) is 18.5. The molecule has 0 bridgehead atoms. The van der Waals surface area contributed by atoms with Crippen molar-refractivity contribution in [3.05, 3.63) is 87.6 Å². The molecule has 2 aliphatic rings. The molecule has 1 atom stereocenters. The van der Waals surface area contributed by atoms with Gasteiger partial charge >= 0.3 is 0 Å². The standard InChI is InChI=1S/C26H24F2N2O3S/c27-17-4-3-5-19(14-17)33-16-23-21-11-13-34-24(21)10-12-29(23)25(31)15-30(18-8-9-18)26(32)20-6-1-2-7-22(20)28/h1-7,11,13-14,18,23H,8-10,12,15-16H2. The van der Waals surface area contributed by atoms with Crippen molar-refractivity contribution in [2.75, 3.05) is 19.7 Å². The predicted molar refractivity (Wildman–Crippen MR) is 125 cm³/mol. The molecule has 5 nitrogen and oxygen atoms in total. The first-order valence-electron chi connectivity index (χ1n) is 11.3. The number of ether oxygens (including phenoxy) is 1. The van der Waals surface area contributed by atoms with E-state index in [1.54, 1.807) is 34.4 Å². The first-order chi connectivity index (χ1) is 16.5. The molecule has 1 aliphatic heterocycles. The van der Waals surface area contributed by atoms with Gasteiger partial charge in [0.1, 0.15) is 30.5 Å². The molecule has 1 saturated carbocycles. The molecule has 3 aromatic rings. The zero-order valence-corrected chi connectivity index (χ0v) is 19.3. The molecule has 0 radical (unpaired) electrons. The lowest BCUT2D eigenvalue weighted by atomic mass is 10.0. The van der Waals surface area contributed by atoms with Crippen LogP contribution in [0.2, 0.25) is 0 Å². The molecule has 8 heteroatoms. The number of rotatable bonds is 7. The summed E-state index contributed by atoms with van der Waals surface area (Å²) < 4.78 is 33.7. The molecule has 176 valence electrons. The largest absolute Gasteiger partial charge is 0.491 e. The molecule has 0 N–H and O–H groups in total. The van der Waals surface area contributed by atoms with Crippen LogP contribution in [0.4, 0.5) is 8.78 Å². The molecular formula is C26H24F2N2O3S. The summed E-state index contributed by atoms with van der Waals surface area (Å²) >= 11 is 1.64. The van der Waals surface area contributed by atoms with Crippen molar-refractivity contribution >= 4 is 23.2 Å². The van der Waals surface area contributed by atoms with Crippen LogP contribution in [0.15, 0.2) is 60.0 Å². The van der Waals surface area contributed by atoms with E-state index in [4.69, 9.17) is 4.74 Å². The summed E-state index contributed by atoms with van der Waals surface area (Å²) in [6, 6.07) is 13.3. The van der Waals surface area contributed by atoms with Gasteiger partial charge < -0.3 is 14.5 Å². The van der Waals surface area contributed by atoms with E-state index < -0.39 is 17.5 Å². The molecule has 2 aromatic carbocycles. The summed E-state index contributed by atoms with van der Waals surface area (Å²) in [5.74, 6) is -1.26. The van der Waals surface area contributed by atoms with Crippen molar-refractivity contribution < 1.29 is 23.1 Å². The molecule has 2 heterocycles. The summed E-state index contributed by atoms with van der Waals surface area (Å²) in [7, 11) is 0. The van der Waals surface area contributed by atoms with Gasteiger partial charge in [-0.1, -0.05) is 18.2 Å².